The minimum Gasteiger partial charge on any atom is -0.312 e. The van der Waals surface area contributed by atoms with Gasteiger partial charge in [-0.2, -0.15) is 0 Å². The van der Waals surface area contributed by atoms with Crippen LogP contribution in [0, 0.1) is 5.41 Å². The molecule has 0 aromatic rings. The van der Waals surface area contributed by atoms with E-state index in [9.17, 15) is 8.42 Å². The van der Waals surface area contributed by atoms with Crippen LogP contribution in [0.5, 0.6) is 0 Å². The van der Waals surface area contributed by atoms with E-state index >= 15 is 0 Å². The van der Waals surface area contributed by atoms with Crippen molar-refractivity contribution in [1.82, 2.24) is 10.2 Å². The number of hydrogen-bond acceptors (Lipinski definition) is 4. The maximum atomic E-state index is 11.6. The number of sulfone groups is 1. The van der Waals surface area contributed by atoms with E-state index < -0.39 is 9.84 Å². The highest BCUT2D eigenvalue weighted by molar-refractivity contribution is 7.91. The standard InChI is InChI=1S/C12H22N2O2S/c1-10-6-14(9-12(3-4-12)8-13-10)11-2-5-17(15,16)7-11/h10-11,13H,2-9H2,1H3. The summed E-state index contributed by atoms with van der Waals surface area (Å²) >= 11 is 0. The van der Waals surface area contributed by atoms with E-state index in [1.165, 1.54) is 12.8 Å². The van der Waals surface area contributed by atoms with E-state index in [0.29, 0.717) is 23.0 Å². The van der Waals surface area contributed by atoms with Gasteiger partial charge in [0, 0.05) is 31.7 Å². The van der Waals surface area contributed by atoms with Crippen LogP contribution in [0.25, 0.3) is 0 Å². The summed E-state index contributed by atoms with van der Waals surface area (Å²) < 4.78 is 23.2. The van der Waals surface area contributed by atoms with E-state index in [1.54, 1.807) is 0 Å². The molecule has 2 atom stereocenters. The van der Waals surface area contributed by atoms with Gasteiger partial charge in [0.1, 0.15) is 0 Å². The van der Waals surface area contributed by atoms with Gasteiger partial charge >= 0.3 is 0 Å². The monoisotopic (exact) mass is 258 g/mol. The summed E-state index contributed by atoms with van der Waals surface area (Å²) in [6, 6.07) is 0.762. The molecule has 0 radical (unpaired) electrons. The van der Waals surface area contributed by atoms with E-state index in [1.807, 2.05) is 0 Å². The van der Waals surface area contributed by atoms with Gasteiger partial charge < -0.3 is 5.32 Å². The Morgan fingerprint density at radius 3 is 2.71 bits per heavy atom. The fourth-order valence-electron chi connectivity index (χ4n) is 3.21. The summed E-state index contributed by atoms with van der Waals surface area (Å²) in [5, 5.41) is 3.58. The van der Waals surface area contributed by atoms with Crippen molar-refractivity contribution in [1.29, 1.82) is 0 Å². The van der Waals surface area contributed by atoms with Crippen molar-refractivity contribution in [3.63, 3.8) is 0 Å². The van der Waals surface area contributed by atoms with Gasteiger partial charge in [-0.3, -0.25) is 4.90 Å². The number of rotatable bonds is 1. The summed E-state index contributed by atoms with van der Waals surface area (Å²) in [5.41, 5.74) is 0.469. The van der Waals surface area contributed by atoms with Gasteiger partial charge in [-0.25, -0.2) is 8.42 Å². The first kappa shape index (κ1) is 11.9. The van der Waals surface area contributed by atoms with E-state index in [0.717, 1.165) is 26.1 Å². The normalized spacial score (nSPS) is 40.3. The van der Waals surface area contributed by atoms with E-state index in [2.05, 4.69) is 17.1 Å². The molecule has 3 fully saturated rings. The van der Waals surface area contributed by atoms with Crippen molar-refractivity contribution < 1.29 is 8.42 Å². The molecule has 0 amide bonds. The van der Waals surface area contributed by atoms with Crippen molar-refractivity contribution in [3.8, 4) is 0 Å². The zero-order valence-corrected chi connectivity index (χ0v) is 11.3. The second kappa shape index (κ2) is 3.93. The lowest BCUT2D eigenvalue weighted by atomic mass is 10.1. The van der Waals surface area contributed by atoms with E-state index in [-0.39, 0.29) is 6.04 Å². The summed E-state index contributed by atoms with van der Waals surface area (Å²) in [6.07, 6.45) is 3.45. The molecule has 3 aliphatic rings. The van der Waals surface area contributed by atoms with Crippen LogP contribution >= 0.6 is 0 Å². The summed E-state index contributed by atoms with van der Waals surface area (Å²) in [6.45, 7) is 5.43. The second-order valence-electron chi connectivity index (χ2n) is 6.27. The quantitative estimate of drug-likeness (QED) is 0.732. The van der Waals surface area contributed by atoms with Gasteiger partial charge in [0.15, 0.2) is 9.84 Å². The van der Waals surface area contributed by atoms with Crippen LogP contribution in [0.2, 0.25) is 0 Å². The van der Waals surface area contributed by atoms with Gasteiger partial charge in [-0.15, -0.1) is 0 Å². The van der Waals surface area contributed by atoms with Gasteiger partial charge in [-0.05, 0) is 31.6 Å². The fourth-order valence-corrected chi connectivity index (χ4v) is 4.97. The third kappa shape index (κ3) is 2.51. The molecular formula is C12H22N2O2S. The molecular weight excluding hydrogens is 236 g/mol. The lowest BCUT2D eigenvalue weighted by molar-refractivity contribution is 0.184. The summed E-state index contributed by atoms with van der Waals surface area (Å²) in [4.78, 5) is 2.45. The fraction of sp³-hybridized carbons (Fsp3) is 1.00. The molecule has 2 unspecified atom stereocenters. The first-order chi connectivity index (χ1) is 7.98. The van der Waals surface area contributed by atoms with Crippen LogP contribution in [-0.4, -0.2) is 56.5 Å². The molecule has 0 bridgehead atoms. The highest BCUT2D eigenvalue weighted by atomic mass is 32.2. The zero-order chi connectivity index (χ0) is 12.1. The molecule has 5 heteroatoms. The van der Waals surface area contributed by atoms with Crippen LogP contribution in [0.1, 0.15) is 26.2 Å². The van der Waals surface area contributed by atoms with Gasteiger partial charge in [0.2, 0.25) is 0 Å². The minimum absolute atomic E-state index is 0.278. The predicted octanol–water partition coefficient (Wildman–Crippen LogP) is 0.247. The zero-order valence-electron chi connectivity index (χ0n) is 10.5. The van der Waals surface area contributed by atoms with Crippen LogP contribution in [-0.2, 0) is 9.84 Å². The first-order valence-electron chi connectivity index (χ1n) is 6.66. The molecule has 0 aromatic carbocycles. The summed E-state index contributed by atoms with van der Waals surface area (Å²) in [5.74, 6) is 0.777. The van der Waals surface area contributed by atoms with Crippen molar-refractivity contribution in [2.75, 3.05) is 31.1 Å². The Morgan fingerprint density at radius 2 is 2.12 bits per heavy atom. The number of hydrogen-bond donors (Lipinski definition) is 1. The Labute approximate surface area is 104 Å². The van der Waals surface area contributed by atoms with Crippen molar-refractivity contribution in [2.24, 2.45) is 5.41 Å². The average molecular weight is 258 g/mol. The topological polar surface area (TPSA) is 49.4 Å². The Balaban J connectivity index is 1.73. The Bertz CT molecular complexity index is 403. The molecule has 3 rings (SSSR count). The Kier molecular flexibility index (Phi) is 2.76. The van der Waals surface area contributed by atoms with E-state index in [4.69, 9.17) is 0 Å². The third-order valence-corrected chi connectivity index (χ3v) is 6.30. The highest BCUT2D eigenvalue weighted by Gasteiger charge is 2.47. The lowest BCUT2D eigenvalue weighted by Gasteiger charge is -2.29. The van der Waals surface area contributed by atoms with Gasteiger partial charge in [0.25, 0.3) is 0 Å². The molecule has 1 saturated carbocycles. The molecule has 1 spiro atoms. The maximum absolute atomic E-state index is 11.6. The summed E-state index contributed by atoms with van der Waals surface area (Å²) in [7, 11) is -2.75. The van der Waals surface area contributed by atoms with Crippen LogP contribution in [0.3, 0.4) is 0 Å². The highest BCUT2D eigenvalue weighted by Crippen LogP contribution is 2.47. The molecule has 17 heavy (non-hydrogen) atoms. The molecule has 0 aromatic heterocycles. The molecule has 1 aliphatic carbocycles. The van der Waals surface area contributed by atoms with Gasteiger partial charge in [-0.1, -0.05) is 0 Å². The molecule has 1 N–H and O–H groups in total. The third-order valence-electron chi connectivity index (χ3n) is 4.55. The predicted molar refractivity (Wildman–Crippen MR) is 67.8 cm³/mol. The Morgan fingerprint density at radius 1 is 1.35 bits per heavy atom. The number of nitrogens with zero attached hydrogens (tertiary/aromatic N) is 1. The SMILES string of the molecule is CC1CN(C2CCS(=O)(=O)C2)CC2(CC2)CN1. The molecule has 98 valence electrons. The second-order valence-corrected chi connectivity index (χ2v) is 8.50. The van der Waals surface area contributed by atoms with Crippen molar-refractivity contribution in [3.05, 3.63) is 0 Å². The van der Waals surface area contributed by atoms with Crippen LogP contribution in [0.15, 0.2) is 0 Å². The smallest absolute Gasteiger partial charge is 0.151 e. The largest absolute Gasteiger partial charge is 0.312 e. The first-order valence-corrected chi connectivity index (χ1v) is 8.48. The molecule has 2 heterocycles. The molecule has 2 saturated heterocycles. The van der Waals surface area contributed by atoms with Crippen LogP contribution in [0.4, 0.5) is 0 Å². The maximum Gasteiger partial charge on any atom is 0.151 e. The van der Waals surface area contributed by atoms with Gasteiger partial charge in [0.05, 0.1) is 11.5 Å². The minimum atomic E-state index is -2.75. The Hall–Kier alpha value is -0.130. The van der Waals surface area contributed by atoms with Crippen molar-refractivity contribution in [2.45, 2.75) is 38.3 Å². The molecule has 4 nitrogen and oxygen atoms in total. The molecule has 2 aliphatic heterocycles. The van der Waals surface area contributed by atoms with Crippen LogP contribution < -0.4 is 5.32 Å². The average Bonchev–Trinajstić information content (AvgIpc) is 2.95. The lowest BCUT2D eigenvalue weighted by Crippen LogP contribution is -2.42. The number of nitrogens with one attached hydrogen (secondary N) is 1. The van der Waals surface area contributed by atoms with Crippen molar-refractivity contribution >= 4 is 9.84 Å².